The summed E-state index contributed by atoms with van der Waals surface area (Å²) in [6.45, 7) is 3.56. The number of hydrogen-bond acceptors (Lipinski definition) is 3. The fourth-order valence-corrected chi connectivity index (χ4v) is 1.44. The summed E-state index contributed by atoms with van der Waals surface area (Å²) in [5.41, 5.74) is 0.915. The molecule has 0 saturated carbocycles. The second-order valence-corrected chi connectivity index (χ2v) is 3.44. The molecule has 0 radical (unpaired) electrons. The van der Waals surface area contributed by atoms with Crippen LogP contribution in [-0.2, 0) is 11.3 Å². The Bertz CT molecular complexity index is 631. The molecule has 1 N–H and O–H groups in total. The number of carbonyl (C=O) groups excluding carboxylic acids is 1. The minimum atomic E-state index is -0.292. The molecule has 0 unspecified atom stereocenters. The van der Waals surface area contributed by atoms with Gasteiger partial charge in [0.1, 0.15) is 5.65 Å². The van der Waals surface area contributed by atoms with Crippen molar-refractivity contribution in [3.63, 3.8) is 0 Å². The van der Waals surface area contributed by atoms with Gasteiger partial charge in [0, 0.05) is 12.3 Å². The van der Waals surface area contributed by atoms with Crippen LogP contribution in [0.25, 0.3) is 5.65 Å². The van der Waals surface area contributed by atoms with E-state index in [0.29, 0.717) is 11.3 Å². The minimum Gasteiger partial charge on any atom is -0.347 e. The molecule has 2 aromatic heterocycles. The first kappa shape index (κ1) is 11.1. The average Bonchev–Trinajstić information content (AvgIpc) is 2.36. The van der Waals surface area contributed by atoms with Gasteiger partial charge in [-0.3, -0.25) is 14.0 Å². The molecule has 0 aromatic carbocycles. The molecule has 1 amide bonds. The molecule has 0 fully saturated rings. The molecule has 0 atom stereocenters. The largest absolute Gasteiger partial charge is 0.347 e. The van der Waals surface area contributed by atoms with E-state index >= 15 is 0 Å². The van der Waals surface area contributed by atoms with Gasteiger partial charge < -0.3 is 5.32 Å². The Morgan fingerprint density at radius 2 is 2.35 bits per heavy atom. The molecule has 0 saturated heterocycles. The van der Waals surface area contributed by atoms with Crippen LogP contribution in [0.5, 0.6) is 0 Å². The van der Waals surface area contributed by atoms with Crippen LogP contribution < -0.4 is 10.9 Å². The van der Waals surface area contributed by atoms with E-state index in [1.165, 1.54) is 16.5 Å². The summed E-state index contributed by atoms with van der Waals surface area (Å²) in [6.07, 6.45) is 2.82. The van der Waals surface area contributed by atoms with Crippen molar-refractivity contribution in [2.75, 3.05) is 0 Å². The third-order valence-corrected chi connectivity index (χ3v) is 2.25. The van der Waals surface area contributed by atoms with Gasteiger partial charge in [0.15, 0.2) is 0 Å². The zero-order chi connectivity index (χ0) is 12.3. The Morgan fingerprint density at radius 3 is 3.12 bits per heavy atom. The molecule has 0 aliphatic rings. The van der Waals surface area contributed by atoms with E-state index in [1.54, 1.807) is 24.4 Å². The monoisotopic (exact) mass is 229 g/mol. The molecular formula is C12H11N3O2. The van der Waals surface area contributed by atoms with Crippen molar-refractivity contribution in [3.8, 4) is 0 Å². The maximum atomic E-state index is 11.7. The lowest BCUT2D eigenvalue weighted by molar-refractivity contribution is -0.116. The molecule has 5 heteroatoms. The Morgan fingerprint density at radius 1 is 1.53 bits per heavy atom. The molecule has 86 valence electrons. The van der Waals surface area contributed by atoms with Crippen LogP contribution in [0.3, 0.4) is 0 Å². The van der Waals surface area contributed by atoms with E-state index in [4.69, 9.17) is 0 Å². The number of fused-ring (bicyclic) bond motifs is 1. The Balaban J connectivity index is 2.34. The first-order chi connectivity index (χ1) is 8.20. The van der Waals surface area contributed by atoms with E-state index in [2.05, 4.69) is 16.9 Å². The SMILES string of the molecule is C=CC(=O)NCc1cc(=O)n2ccccc2n1. The number of nitrogens with zero attached hydrogens (tertiary/aromatic N) is 2. The number of nitrogens with one attached hydrogen (secondary N) is 1. The summed E-state index contributed by atoms with van der Waals surface area (Å²) >= 11 is 0. The van der Waals surface area contributed by atoms with Crippen molar-refractivity contribution < 1.29 is 4.79 Å². The predicted octanol–water partition coefficient (Wildman–Crippen LogP) is 0.497. The van der Waals surface area contributed by atoms with E-state index in [0.717, 1.165) is 0 Å². The highest BCUT2D eigenvalue weighted by Gasteiger charge is 2.02. The lowest BCUT2D eigenvalue weighted by Crippen LogP contribution is -2.23. The first-order valence-electron chi connectivity index (χ1n) is 5.08. The second kappa shape index (κ2) is 4.61. The molecule has 2 aromatic rings. The summed E-state index contributed by atoms with van der Waals surface area (Å²) in [4.78, 5) is 27.0. The highest BCUT2D eigenvalue weighted by molar-refractivity contribution is 5.86. The van der Waals surface area contributed by atoms with Crippen LogP contribution in [0.1, 0.15) is 5.69 Å². The lowest BCUT2D eigenvalue weighted by atomic mass is 10.3. The van der Waals surface area contributed by atoms with E-state index < -0.39 is 0 Å². The summed E-state index contributed by atoms with van der Waals surface area (Å²) in [5, 5.41) is 2.57. The summed E-state index contributed by atoms with van der Waals surface area (Å²) < 4.78 is 1.44. The number of rotatable bonds is 3. The van der Waals surface area contributed by atoms with Gasteiger partial charge in [-0.15, -0.1) is 0 Å². The van der Waals surface area contributed by atoms with Gasteiger partial charge in [0.2, 0.25) is 5.91 Å². The number of hydrogen-bond donors (Lipinski definition) is 1. The zero-order valence-electron chi connectivity index (χ0n) is 9.09. The van der Waals surface area contributed by atoms with Gasteiger partial charge in [-0.05, 0) is 18.2 Å². The van der Waals surface area contributed by atoms with Crippen molar-refractivity contribution in [2.24, 2.45) is 0 Å². The number of carbonyl (C=O) groups is 1. The number of pyridine rings is 1. The highest BCUT2D eigenvalue weighted by atomic mass is 16.1. The number of amides is 1. The standard InChI is InChI=1S/C12H11N3O2/c1-2-11(16)13-8-9-7-12(17)15-6-4-3-5-10(15)14-9/h2-7H,1,8H2,(H,13,16). The normalized spacial score (nSPS) is 10.1. The Kier molecular flexibility index (Phi) is 3.00. The summed E-state index contributed by atoms with van der Waals surface area (Å²) in [7, 11) is 0. The molecule has 5 nitrogen and oxygen atoms in total. The van der Waals surface area contributed by atoms with Gasteiger partial charge in [-0.1, -0.05) is 12.6 Å². The predicted molar refractivity (Wildman–Crippen MR) is 63.5 cm³/mol. The van der Waals surface area contributed by atoms with Gasteiger partial charge in [-0.2, -0.15) is 0 Å². The van der Waals surface area contributed by atoms with Gasteiger partial charge >= 0.3 is 0 Å². The quantitative estimate of drug-likeness (QED) is 0.779. The molecular weight excluding hydrogens is 218 g/mol. The second-order valence-electron chi connectivity index (χ2n) is 3.44. The Labute approximate surface area is 97.4 Å². The Hall–Kier alpha value is -2.43. The van der Waals surface area contributed by atoms with Gasteiger partial charge in [0.05, 0.1) is 12.2 Å². The van der Waals surface area contributed by atoms with Crippen molar-refractivity contribution in [1.29, 1.82) is 0 Å². The molecule has 2 rings (SSSR count). The maximum absolute atomic E-state index is 11.7. The molecule has 0 aliphatic carbocycles. The summed E-state index contributed by atoms with van der Waals surface area (Å²) in [5.74, 6) is -0.292. The van der Waals surface area contributed by atoms with E-state index in [9.17, 15) is 9.59 Å². The van der Waals surface area contributed by atoms with Crippen LogP contribution in [-0.4, -0.2) is 15.3 Å². The lowest BCUT2D eigenvalue weighted by Gasteiger charge is -2.04. The first-order valence-corrected chi connectivity index (χ1v) is 5.08. The van der Waals surface area contributed by atoms with Gasteiger partial charge in [0.25, 0.3) is 5.56 Å². The molecule has 17 heavy (non-hydrogen) atoms. The summed E-state index contributed by atoms with van der Waals surface area (Å²) in [6, 6.07) is 6.69. The van der Waals surface area contributed by atoms with Crippen LogP contribution in [0.2, 0.25) is 0 Å². The van der Waals surface area contributed by atoms with Crippen LogP contribution in [0, 0.1) is 0 Å². The van der Waals surface area contributed by atoms with Crippen LogP contribution >= 0.6 is 0 Å². The fourth-order valence-electron chi connectivity index (χ4n) is 1.44. The van der Waals surface area contributed by atoms with Crippen molar-refractivity contribution >= 4 is 11.6 Å². The minimum absolute atomic E-state index is 0.168. The highest BCUT2D eigenvalue weighted by Crippen LogP contribution is 1.98. The van der Waals surface area contributed by atoms with Crippen molar-refractivity contribution in [2.45, 2.75) is 6.54 Å². The molecule has 0 bridgehead atoms. The molecule has 0 aliphatic heterocycles. The van der Waals surface area contributed by atoms with Crippen molar-refractivity contribution in [1.82, 2.24) is 14.7 Å². The van der Waals surface area contributed by atoms with Crippen molar-refractivity contribution in [3.05, 3.63) is 59.2 Å². The maximum Gasteiger partial charge on any atom is 0.258 e. The van der Waals surface area contributed by atoms with Gasteiger partial charge in [-0.25, -0.2) is 4.98 Å². The van der Waals surface area contributed by atoms with Crippen LogP contribution in [0.15, 0.2) is 47.9 Å². The smallest absolute Gasteiger partial charge is 0.258 e. The third-order valence-electron chi connectivity index (χ3n) is 2.25. The number of aromatic nitrogens is 2. The molecule has 2 heterocycles. The fraction of sp³-hybridized carbons (Fsp3) is 0.0833. The van der Waals surface area contributed by atoms with Crippen LogP contribution in [0.4, 0.5) is 0 Å². The third kappa shape index (κ3) is 2.39. The topological polar surface area (TPSA) is 63.5 Å². The molecule has 0 spiro atoms. The van der Waals surface area contributed by atoms with E-state index in [1.807, 2.05) is 0 Å². The zero-order valence-corrected chi connectivity index (χ0v) is 9.09. The average molecular weight is 229 g/mol. The van der Waals surface area contributed by atoms with E-state index in [-0.39, 0.29) is 18.0 Å².